The van der Waals surface area contributed by atoms with Gasteiger partial charge in [-0.1, -0.05) is 11.6 Å². The number of amides is 1. The molecule has 20 heavy (non-hydrogen) atoms. The van der Waals surface area contributed by atoms with Gasteiger partial charge in [-0.3, -0.25) is 4.79 Å². The lowest BCUT2D eigenvalue weighted by molar-refractivity contribution is -0.148. The largest absolute Gasteiger partial charge is 0.484 e. The number of carbonyl (C=O) groups is 2. The Kier molecular flexibility index (Phi) is 4.49. The van der Waals surface area contributed by atoms with Crippen LogP contribution in [0.25, 0.3) is 0 Å². The van der Waals surface area contributed by atoms with Crippen LogP contribution in [0.3, 0.4) is 0 Å². The molecular weight excluding hydrogens is 282 g/mol. The number of aryl methyl sites for hydroxylation is 1. The van der Waals surface area contributed by atoms with Gasteiger partial charge in [-0.2, -0.15) is 0 Å². The number of hydrogen-bond acceptors (Lipinski definition) is 3. The normalized spacial score (nSPS) is 18.1. The van der Waals surface area contributed by atoms with E-state index < -0.39 is 12.0 Å². The Morgan fingerprint density at radius 1 is 1.50 bits per heavy atom. The van der Waals surface area contributed by atoms with E-state index in [1.54, 1.807) is 18.2 Å². The second-order valence-electron chi connectivity index (χ2n) is 4.78. The molecule has 1 aromatic rings. The van der Waals surface area contributed by atoms with Crippen molar-refractivity contribution < 1.29 is 19.4 Å². The molecule has 1 amide bonds. The molecule has 6 heteroatoms. The molecule has 2 rings (SSSR count). The molecular formula is C14H16ClNO4. The monoisotopic (exact) mass is 297 g/mol. The third kappa shape index (κ3) is 3.22. The topological polar surface area (TPSA) is 66.8 Å². The fraction of sp³-hybridized carbons (Fsp3) is 0.429. The van der Waals surface area contributed by atoms with Crippen molar-refractivity contribution in [2.24, 2.45) is 0 Å². The Bertz CT molecular complexity index is 532. The first-order valence-corrected chi connectivity index (χ1v) is 6.78. The minimum absolute atomic E-state index is 0.162. The summed E-state index contributed by atoms with van der Waals surface area (Å²) in [6, 6.07) is 4.40. The van der Waals surface area contributed by atoms with Gasteiger partial charge in [-0.15, -0.1) is 0 Å². The molecule has 1 aliphatic rings. The number of carbonyl (C=O) groups excluding carboxylic acids is 1. The summed E-state index contributed by atoms with van der Waals surface area (Å²) in [5.41, 5.74) is 0.862. The molecule has 0 radical (unpaired) electrons. The molecule has 1 saturated heterocycles. The van der Waals surface area contributed by atoms with Crippen LogP contribution in [0.2, 0.25) is 5.02 Å². The van der Waals surface area contributed by atoms with Crippen LogP contribution in [0, 0.1) is 6.92 Å². The number of nitrogens with zero attached hydrogens (tertiary/aromatic N) is 1. The number of halogens is 1. The smallest absolute Gasteiger partial charge is 0.326 e. The minimum atomic E-state index is -0.960. The molecule has 1 aliphatic heterocycles. The second-order valence-corrected chi connectivity index (χ2v) is 5.19. The first-order valence-electron chi connectivity index (χ1n) is 6.40. The molecule has 1 N–H and O–H groups in total. The van der Waals surface area contributed by atoms with Crippen LogP contribution in [0.4, 0.5) is 0 Å². The summed E-state index contributed by atoms with van der Waals surface area (Å²) in [5, 5.41) is 9.67. The molecule has 0 unspecified atom stereocenters. The summed E-state index contributed by atoms with van der Waals surface area (Å²) in [4.78, 5) is 24.4. The van der Waals surface area contributed by atoms with Crippen molar-refractivity contribution in [2.45, 2.75) is 25.8 Å². The molecule has 0 saturated carbocycles. The summed E-state index contributed by atoms with van der Waals surface area (Å²) in [5.74, 6) is -0.716. The molecule has 1 atom stereocenters. The molecule has 5 nitrogen and oxygen atoms in total. The maximum atomic E-state index is 12.0. The molecule has 1 heterocycles. The number of hydrogen-bond donors (Lipinski definition) is 1. The summed E-state index contributed by atoms with van der Waals surface area (Å²) in [6.45, 7) is 2.15. The number of ether oxygens (including phenoxy) is 1. The highest BCUT2D eigenvalue weighted by molar-refractivity contribution is 6.31. The van der Waals surface area contributed by atoms with Crippen molar-refractivity contribution >= 4 is 23.5 Å². The van der Waals surface area contributed by atoms with E-state index in [1.807, 2.05) is 6.92 Å². The SMILES string of the molecule is Cc1cc(OCC(=O)N2CCC[C@@H]2C(=O)O)ccc1Cl. The van der Waals surface area contributed by atoms with Crippen molar-refractivity contribution in [2.75, 3.05) is 13.2 Å². The maximum absolute atomic E-state index is 12.0. The molecule has 108 valence electrons. The fourth-order valence-corrected chi connectivity index (χ4v) is 2.37. The van der Waals surface area contributed by atoms with Gasteiger partial charge in [0.1, 0.15) is 11.8 Å². The number of carboxylic acids is 1. The first-order chi connectivity index (χ1) is 9.49. The zero-order valence-electron chi connectivity index (χ0n) is 11.1. The van der Waals surface area contributed by atoms with E-state index in [0.29, 0.717) is 30.2 Å². The van der Waals surface area contributed by atoms with Crippen LogP contribution in [0.1, 0.15) is 18.4 Å². The van der Waals surface area contributed by atoms with Gasteiger partial charge in [0.2, 0.25) is 0 Å². The van der Waals surface area contributed by atoms with Gasteiger partial charge >= 0.3 is 5.97 Å². The standard InChI is InChI=1S/C14H16ClNO4/c1-9-7-10(4-5-11(9)15)20-8-13(17)16-6-2-3-12(16)14(18)19/h4-5,7,12H,2-3,6,8H2,1H3,(H,18,19)/t12-/m1/s1. The van der Waals surface area contributed by atoms with Crippen LogP contribution in [0.5, 0.6) is 5.75 Å². The zero-order valence-corrected chi connectivity index (χ0v) is 11.9. The minimum Gasteiger partial charge on any atom is -0.484 e. The lowest BCUT2D eigenvalue weighted by Crippen LogP contribution is -2.42. The molecule has 0 bridgehead atoms. The summed E-state index contributed by atoms with van der Waals surface area (Å²) in [7, 11) is 0. The fourth-order valence-electron chi connectivity index (χ4n) is 2.26. The number of benzene rings is 1. The van der Waals surface area contributed by atoms with Crippen LogP contribution in [-0.2, 0) is 9.59 Å². The third-order valence-corrected chi connectivity index (χ3v) is 3.77. The average molecular weight is 298 g/mol. The number of likely N-dealkylation sites (tertiary alicyclic amines) is 1. The van der Waals surface area contributed by atoms with Gasteiger partial charge in [0, 0.05) is 11.6 Å². The predicted molar refractivity (Wildman–Crippen MR) is 74.1 cm³/mol. The molecule has 1 fully saturated rings. The predicted octanol–water partition coefficient (Wildman–Crippen LogP) is 2.10. The lowest BCUT2D eigenvalue weighted by Gasteiger charge is -2.21. The van der Waals surface area contributed by atoms with E-state index in [0.717, 1.165) is 5.56 Å². The summed E-state index contributed by atoms with van der Waals surface area (Å²) >= 11 is 5.90. The zero-order chi connectivity index (χ0) is 14.7. The van der Waals surface area contributed by atoms with Crippen molar-refractivity contribution in [3.05, 3.63) is 28.8 Å². The van der Waals surface area contributed by atoms with E-state index in [1.165, 1.54) is 4.90 Å². The van der Waals surface area contributed by atoms with E-state index >= 15 is 0 Å². The van der Waals surface area contributed by atoms with Crippen molar-refractivity contribution in [3.63, 3.8) is 0 Å². The highest BCUT2D eigenvalue weighted by Gasteiger charge is 2.33. The summed E-state index contributed by atoms with van der Waals surface area (Å²) < 4.78 is 5.40. The molecule has 0 aromatic heterocycles. The number of aliphatic carboxylic acids is 1. The van der Waals surface area contributed by atoms with Gasteiger partial charge in [0.15, 0.2) is 6.61 Å². The quantitative estimate of drug-likeness (QED) is 0.924. The lowest BCUT2D eigenvalue weighted by atomic mass is 10.2. The Balaban J connectivity index is 1.94. The van der Waals surface area contributed by atoms with Crippen LogP contribution in [0.15, 0.2) is 18.2 Å². The van der Waals surface area contributed by atoms with Crippen LogP contribution < -0.4 is 4.74 Å². The molecule has 0 spiro atoms. The number of carboxylic acid groups (broad SMARTS) is 1. The van der Waals surface area contributed by atoms with Crippen molar-refractivity contribution in [3.8, 4) is 5.75 Å². The van der Waals surface area contributed by atoms with Crippen LogP contribution >= 0.6 is 11.6 Å². The second kappa shape index (κ2) is 6.13. The van der Waals surface area contributed by atoms with E-state index in [9.17, 15) is 9.59 Å². The van der Waals surface area contributed by atoms with Gasteiger partial charge in [0.25, 0.3) is 5.91 Å². The van der Waals surface area contributed by atoms with Gasteiger partial charge in [0.05, 0.1) is 0 Å². The van der Waals surface area contributed by atoms with Gasteiger partial charge in [-0.05, 0) is 43.5 Å². The van der Waals surface area contributed by atoms with Gasteiger partial charge in [-0.25, -0.2) is 4.79 Å². The Hall–Kier alpha value is -1.75. The third-order valence-electron chi connectivity index (χ3n) is 3.35. The highest BCUT2D eigenvalue weighted by atomic mass is 35.5. The first kappa shape index (κ1) is 14.7. The Labute approximate surface area is 122 Å². The van der Waals surface area contributed by atoms with Gasteiger partial charge < -0.3 is 14.7 Å². The maximum Gasteiger partial charge on any atom is 0.326 e. The van der Waals surface area contributed by atoms with E-state index in [-0.39, 0.29) is 12.5 Å². The van der Waals surface area contributed by atoms with Crippen molar-refractivity contribution in [1.29, 1.82) is 0 Å². The average Bonchev–Trinajstić information content (AvgIpc) is 2.89. The van der Waals surface area contributed by atoms with Crippen LogP contribution in [-0.4, -0.2) is 41.1 Å². The van der Waals surface area contributed by atoms with E-state index in [2.05, 4.69) is 0 Å². The van der Waals surface area contributed by atoms with Crippen molar-refractivity contribution in [1.82, 2.24) is 4.90 Å². The molecule has 0 aliphatic carbocycles. The number of rotatable bonds is 4. The van der Waals surface area contributed by atoms with E-state index in [4.69, 9.17) is 21.4 Å². The molecule has 1 aromatic carbocycles. The Morgan fingerprint density at radius 2 is 2.25 bits per heavy atom. The Morgan fingerprint density at radius 3 is 2.90 bits per heavy atom. The highest BCUT2D eigenvalue weighted by Crippen LogP contribution is 2.22. The summed E-state index contributed by atoms with van der Waals surface area (Å²) in [6.07, 6.45) is 1.21.